The van der Waals surface area contributed by atoms with E-state index in [1.54, 1.807) is 24.3 Å². The first-order valence-corrected chi connectivity index (χ1v) is 9.54. The summed E-state index contributed by atoms with van der Waals surface area (Å²) in [6.45, 7) is 2.59. The second-order valence-electron chi connectivity index (χ2n) is 5.60. The number of hydrogen-bond donors (Lipinski definition) is 1. The van der Waals surface area contributed by atoms with E-state index in [-0.39, 0.29) is 6.54 Å². The molecule has 2 rings (SSSR count). The van der Waals surface area contributed by atoms with E-state index in [4.69, 9.17) is 4.74 Å². The van der Waals surface area contributed by atoms with E-state index in [0.29, 0.717) is 17.9 Å². The summed E-state index contributed by atoms with van der Waals surface area (Å²) >= 11 is 0. The quantitative estimate of drug-likeness (QED) is 0.670. The number of nitrogens with one attached hydrogen (secondary N) is 1. The van der Waals surface area contributed by atoms with E-state index in [2.05, 4.69) is 11.6 Å². The van der Waals surface area contributed by atoms with Crippen LogP contribution in [0, 0.1) is 5.82 Å². The second-order valence-corrected chi connectivity index (χ2v) is 7.34. The van der Waals surface area contributed by atoms with E-state index >= 15 is 0 Å². The summed E-state index contributed by atoms with van der Waals surface area (Å²) in [6, 6.07) is 9.28. The van der Waals surface area contributed by atoms with Crippen molar-refractivity contribution in [2.45, 2.75) is 31.2 Å². The van der Waals surface area contributed by atoms with Crippen LogP contribution in [0.25, 0.3) is 0 Å². The van der Waals surface area contributed by atoms with Crippen molar-refractivity contribution in [2.75, 3.05) is 6.61 Å². The molecule has 0 unspecified atom stereocenters. The van der Waals surface area contributed by atoms with Gasteiger partial charge in [-0.25, -0.2) is 17.5 Å². The average molecular weight is 380 g/mol. The van der Waals surface area contributed by atoms with Gasteiger partial charge in [0.2, 0.25) is 10.0 Å². The summed E-state index contributed by atoms with van der Waals surface area (Å²) < 4.78 is 46.1. The van der Waals surface area contributed by atoms with Crippen molar-refractivity contribution < 1.29 is 27.4 Å². The number of halogens is 1. The number of aromatic carboxylic acids is 1. The summed E-state index contributed by atoms with van der Waals surface area (Å²) in [5, 5.41) is 10.8. The molecule has 0 saturated heterocycles. The number of benzene rings is 2. The topological polar surface area (TPSA) is 95.5 Å². The largest absolute Gasteiger partial charge is 0.545 e. The highest BCUT2D eigenvalue weighted by Gasteiger charge is 2.19. The Morgan fingerprint density at radius 3 is 2.50 bits per heavy atom. The number of carboxylic acid groups (broad SMARTS) is 1. The summed E-state index contributed by atoms with van der Waals surface area (Å²) in [5.41, 5.74) is 0.230. The Morgan fingerprint density at radius 2 is 1.88 bits per heavy atom. The van der Waals surface area contributed by atoms with Crippen molar-refractivity contribution in [3.63, 3.8) is 0 Å². The van der Waals surface area contributed by atoms with Gasteiger partial charge in [0.1, 0.15) is 16.5 Å². The second kappa shape index (κ2) is 8.77. The zero-order valence-corrected chi connectivity index (χ0v) is 15.0. The maximum atomic E-state index is 13.8. The van der Waals surface area contributed by atoms with Crippen molar-refractivity contribution in [1.82, 2.24) is 4.72 Å². The molecule has 0 fully saturated rings. The minimum absolute atomic E-state index is 0.0768. The van der Waals surface area contributed by atoms with Crippen LogP contribution in [0.5, 0.6) is 5.75 Å². The molecule has 2 aromatic rings. The predicted octanol–water partition coefficient (Wildman–Crippen LogP) is 1.85. The van der Waals surface area contributed by atoms with Crippen LogP contribution in [-0.2, 0) is 16.6 Å². The Labute approximate surface area is 151 Å². The van der Waals surface area contributed by atoms with Crippen LogP contribution in [0.3, 0.4) is 0 Å². The lowest BCUT2D eigenvalue weighted by Crippen LogP contribution is -2.26. The van der Waals surface area contributed by atoms with Gasteiger partial charge in [0.05, 0.1) is 12.6 Å². The molecule has 0 aliphatic rings. The minimum Gasteiger partial charge on any atom is -0.545 e. The molecule has 0 radical (unpaired) electrons. The van der Waals surface area contributed by atoms with Crippen molar-refractivity contribution in [3.05, 3.63) is 59.4 Å². The predicted molar refractivity (Wildman–Crippen MR) is 91.6 cm³/mol. The highest BCUT2D eigenvalue weighted by atomic mass is 32.2. The average Bonchev–Trinajstić information content (AvgIpc) is 2.61. The third-order valence-electron chi connectivity index (χ3n) is 3.61. The Morgan fingerprint density at radius 1 is 1.19 bits per heavy atom. The van der Waals surface area contributed by atoms with Crippen molar-refractivity contribution in [2.24, 2.45) is 0 Å². The van der Waals surface area contributed by atoms with Gasteiger partial charge in [-0.2, -0.15) is 0 Å². The summed E-state index contributed by atoms with van der Waals surface area (Å²) in [7, 11) is -4.22. The fourth-order valence-electron chi connectivity index (χ4n) is 2.13. The Hall–Kier alpha value is -2.45. The lowest BCUT2D eigenvalue weighted by atomic mass is 10.2. The number of unbranched alkanes of at least 4 members (excludes halogenated alkanes) is 1. The highest BCUT2D eigenvalue weighted by Crippen LogP contribution is 2.17. The van der Waals surface area contributed by atoms with E-state index in [1.165, 1.54) is 0 Å². The molecule has 1 N–H and O–H groups in total. The zero-order valence-electron chi connectivity index (χ0n) is 14.2. The number of carbonyl (C=O) groups excluding carboxylic acids is 1. The molecule has 0 bridgehead atoms. The number of ether oxygens (including phenoxy) is 1. The zero-order chi connectivity index (χ0) is 19.2. The molecule has 0 aromatic heterocycles. The molecule has 2 aromatic carbocycles. The van der Waals surface area contributed by atoms with Gasteiger partial charge in [0.25, 0.3) is 0 Å². The highest BCUT2D eigenvalue weighted by molar-refractivity contribution is 7.89. The fourth-order valence-corrected chi connectivity index (χ4v) is 3.25. The van der Waals surface area contributed by atoms with Gasteiger partial charge in [-0.15, -0.1) is 0 Å². The molecule has 0 atom stereocenters. The molecule has 8 heteroatoms. The first-order valence-electron chi connectivity index (χ1n) is 8.06. The van der Waals surface area contributed by atoms with Crippen LogP contribution in [0.15, 0.2) is 47.4 Å². The number of hydrogen-bond acceptors (Lipinski definition) is 5. The molecule has 6 nitrogen and oxygen atoms in total. The standard InChI is InChI=1S/C18H20FNO5S/c1-2-3-10-25-15-7-4-13(5-8-15)12-20-26(23,24)17-11-14(18(21)22)6-9-16(17)19/h4-9,11,20H,2-3,10,12H2,1H3,(H,21,22)/p-1. The molecular weight excluding hydrogens is 361 g/mol. The summed E-state index contributed by atoms with van der Waals surface area (Å²) in [6.07, 6.45) is 1.97. The van der Waals surface area contributed by atoms with Crippen molar-refractivity contribution >= 4 is 16.0 Å². The molecule has 0 saturated carbocycles. The first kappa shape index (κ1) is 19.9. The monoisotopic (exact) mass is 380 g/mol. The van der Waals surface area contributed by atoms with E-state index < -0.39 is 32.3 Å². The lowest BCUT2D eigenvalue weighted by Gasteiger charge is -2.11. The van der Waals surface area contributed by atoms with E-state index in [1.807, 2.05) is 0 Å². The first-order chi connectivity index (χ1) is 12.3. The van der Waals surface area contributed by atoms with Gasteiger partial charge in [-0.05, 0) is 41.8 Å². The minimum atomic E-state index is -4.22. The molecule has 0 aliphatic heterocycles. The van der Waals surface area contributed by atoms with Crippen LogP contribution in [0.4, 0.5) is 4.39 Å². The number of carboxylic acids is 1. The van der Waals surface area contributed by atoms with Gasteiger partial charge in [0, 0.05) is 6.54 Å². The Bertz CT molecular complexity index is 866. The van der Waals surface area contributed by atoms with Gasteiger partial charge in [-0.3, -0.25) is 0 Å². The molecule has 0 aliphatic carbocycles. The third-order valence-corrected chi connectivity index (χ3v) is 5.03. The Balaban J connectivity index is 2.06. The van der Waals surface area contributed by atoms with Crippen LogP contribution < -0.4 is 14.6 Å². The molecule has 26 heavy (non-hydrogen) atoms. The van der Waals surface area contributed by atoms with Crippen molar-refractivity contribution in [1.29, 1.82) is 0 Å². The maximum absolute atomic E-state index is 13.8. The molecule has 0 amide bonds. The van der Waals surface area contributed by atoms with Gasteiger partial charge in [-0.1, -0.05) is 31.5 Å². The normalized spacial score (nSPS) is 11.3. The smallest absolute Gasteiger partial charge is 0.243 e. The molecule has 140 valence electrons. The van der Waals surface area contributed by atoms with Gasteiger partial charge in [0.15, 0.2) is 0 Å². The van der Waals surface area contributed by atoms with Crippen molar-refractivity contribution in [3.8, 4) is 5.75 Å². The van der Waals surface area contributed by atoms with E-state index in [0.717, 1.165) is 31.0 Å². The van der Waals surface area contributed by atoms with Crippen LogP contribution >= 0.6 is 0 Å². The number of rotatable bonds is 9. The Kier molecular flexibility index (Phi) is 6.70. The number of sulfonamides is 1. The molecular formula is C18H19FNO5S-. The van der Waals surface area contributed by atoms with Crippen LogP contribution in [0.1, 0.15) is 35.7 Å². The van der Waals surface area contributed by atoms with Gasteiger partial charge < -0.3 is 14.6 Å². The van der Waals surface area contributed by atoms with Crippen LogP contribution in [0.2, 0.25) is 0 Å². The van der Waals surface area contributed by atoms with E-state index in [9.17, 15) is 22.7 Å². The van der Waals surface area contributed by atoms with Gasteiger partial charge >= 0.3 is 0 Å². The molecule has 0 spiro atoms. The molecule has 0 heterocycles. The lowest BCUT2D eigenvalue weighted by molar-refractivity contribution is -0.255. The SMILES string of the molecule is CCCCOc1ccc(CNS(=O)(=O)c2cc(C(=O)[O-])ccc2F)cc1. The fraction of sp³-hybridized carbons (Fsp3) is 0.278. The number of carbonyl (C=O) groups is 1. The summed E-state index contributed by atoms with van der Waals surface area (Å²) in [5.74, 6) is -1.94. The maximum Gasteiger partial charge on any atom is 0.243 e. The van der Waals surface area contributed by atoms with Crippen LogP contribution in [-0.4, -0.2) is 21.0 Å². The third kappa shape index (κ3) is 5.27. The summed E-state index contributed by atoms with van der Waals surface area (Å²) in [4.78, 5) is 10.1.